The Morgan fingerprint density at radius 1 is 1.16 bits per heavy atom. The molecule has 0 heterocycles. The first-order chi connectivity index (χ1) is 12.0. The van der Waals surface area contributed by atoms with Gasteiger partial charge in [-0.3, -0.25) is 4.79 Å². The number of esters is 1. The first kappa shape index (κ1) is 18.7. The molecule has 0 aliphatic rings. The topological polar surface area (TPSA) is 64.6 Å². The number of hydrogen-bond acceptors (Lipinski definition) is 4. The van der Waals surface area contributed by atoms with Crippen LogP contribution in [0.25, 0.3) is 6.08 Å². The second-order valence-corrected chi connectivity index (χ2v) is 6.10. The highest BCUT2D eigenvalue weighted by Gasteiger charge is 2.16. The van der Waals surface area contributed by atoms with E-state index < -0.39 is 18.0 Å². The van der Waals surface area contributed by atoms with E-state index in [4.69, 9.17) is 9.47 Å². The molecule has 0 saturated carbocycles. The van der Waals surface area contributed by atoms with Crippen molar-refractivity contribution in [2.24, 2.45) is 0 Å². The van der Waals surface area contributed by atoms with E-state index >= 15 is 0 Å². The molecule has 0 aliphatic heterocycles. The minimum absolute atomic E-state index is 0.418. The largest absolute Gasteiger partial charge is 0.497 e. The first-order valence-electron chi connectivity index (χ1n) is 7.57. The van der Waals surface area contributed by atoms with Gasteiger partial charge >= 0.3 is 5.97 Å². The monoisotopic (exact) mass is 403 g/mol. The van der Waals surface area contributed by atoms with Crippen molar-refractivity contribution in [3.63, 3.8) is 0 Å². The quantitative estimate of drug-likeness (QED) is 0.583. The molecule has 0 saturated heterocycles. The Kier molecular flexibility index (Phi) is 6.77. The van der Waals surface area contributed by atoms with Crippen LogP contribution in [-0.4, -0.2) is 25.1 Å². The fourth-order valence-corrected chi connectivity index (χ4v) is 2.21. The van der Waals surface area contributed by atoms with Crippen molar-refractivity contribution in [3.05, 3.63) is 64.6 Å². The number of amides is 1. The van der Waals surface area contributed by atoms with Crippen LogP contribution in [0.5, 0.6) is 5.75 Å². The lowest BCUT2D eigenvalue weighted by atomic mass is 10.2. The van der Waals surface area contributed by atoms with Crippen LogP contribution in [0.2, 0.25) is 0 Å². The van der Waals surface area contributed by atoms with Gasteiger partial charge < -0.3 is 14.8 Å². The van der Waals surface area contributed by atoms with E-state index in [1.165, 1.54) is 13.0 Å². The number of methoxy groups -OCH3 is 1. The molecule has 2 aromatic carbocycles. The van der Waals surface area contributed by atoms with Crippen LogP contribution in [0, 0.1) is 0 Å². The summed E-state index contributed by atoms with van der Waals surface area (Å²) in [4.78, 5) is 23.9. The number of carbonyl (C=O) groups excluding carboxylic acids is 2. The van der Waals surface area contributed by atoms with Crippen LogP contribution in [0.3, 0.4) is 0 Å². The van der Waals surface area contributed by atoms with Crippen LogP contribution in [0.4, 0.5) is 5.69 Å². The van der Waals surface area contributed by atoms with Crippen molar-refractivity contribution >= 4 is 39.6 Å². The molecule has 1 amide bonds. The van der Waals surface area contributed by atoms with Crippen molar-refractivity contribution in [1.29, 1.82) is 0 Å². The van der Waals surface area contributed by atoms with Gasteiger partial charge in [0.15, 0.2) is 6.10 Å². The highest BCUT2D eigenvalue weighted by atomic mass is 79.9. The predicted molar refractivity (Wildman–Crippen MR) is 100 cm³/mol. The van der Waals surface area contributed by atoms with Crippen LogP contribution in [0.1, 0.15) is 12.5 Å². The standard InChI is InChI=1S/C19H18BrNO4/c1-13(19(23)21-16-4-3-5-17(12-16)24-2)25-18(22)11-8-14-6-9-15(20)10-7-14/h3-13H,1-2H3,(H,21,23)/b11-8+/t13-/m1/s1. The van der Waals surface area contributed by atoms with E-state index in [2.05, 4.69) is 21.2 Å². The summed E-state index contributed by atoms with van der Waals surface area (Å²) in [6.07, 6.45) is 1.99. The lowest BCUT2D eigenvalue weighted by Gasteiger charge is -2.12. The molecule has 5 nitrogen and oxygen atoms in total. The lowest BCUT2D eigenvalue weighted by molar-refractivity contribution is -0.148. The van der Waals surface area contributed by atoms with Gasteiger partial charge in [-0.05, 0) is 42.8 Å². The van der Waals surface area contributed by atoms with Crippen molar-refractivity contribution in [1.82, 2.24) is 0 Å². The molecule has 1 atom stereocenters. The molecule has 0 radical (unpaired) electrons. The van der Waals surface area contributed by atoms with E-state index in [0.717, 1.165) is 10.0 Å². The molecule has 0 fully saturated rings. The molecule has 0 bridgehead atoms. The molecular formula is C19H18BrNO4. The number of ether oxygens (including phenoxy) is 2. The normalized spacial score (nSPS) is 11.8. The third kappa shape index (κ3) is 6.08. The number of anilines is 1. The third-order valence-electron chi connectivity index (χ3n) is 3.28. The summed E-state index contributed by atoms with van der Waals surface area (Å²) in [6.45, 7) is 1.51. The Bertz CT molecular complexity index is 771. The van der Waals surface area contributed by atoms with Gasteiger partial charge in [-0.2, -0.15) is 0 Å². The molecular weight excluding hydrogens is 386 g/mol. The molecule has 0 spiro atoms. The van der Waals surface area contributed by atoms with Gasteiger partial charge in [0.05, 0.1) is 7.11 Å². The maximum Gasteiger partial charge on any atom is 0.331 e. The molecule has 0 aromatic heterocycles. The molecule has 2 aromatic rings. The molecule has 130 valence electrons. The summed E-state index contributed by atoms with van der Waals surface area (Å²) in [5.41, 5.74) is 1.42. The fraction of sp³-hybridized carbons (Fsp3) is 0.158. The van der Waals surface area contributed by atoms with Crippen molar-refractivity contribution in [3.8, 4) is 5.75 Å². The lowest BCUT2D eigenvalue weighted by Crippen LogP contribution is -2.29. The summed E-state index contributed by atoms with van der Waals surface area (Å²) in [7, 11) is 1.54. The van der Waals surface area contributed by atoms with Crippen LogP contribution in [0.15, 0.2) is 59.1 Å². The van der Waals surface area contributed by atoms with Crippen LogP contribution >= 0.6 is 15.9 Å². The Balaban J connectivity index is 1.89. The molecule has 6 heteroatoms. The van der Waals surface area contributed by atoms with E-state index in [0.29, 0.717) is 11.4 Å². The molecule has 0 unspecified atom stereocenters. The zero-order chi connectivity index (χ0) is 18.2. The number of benzene rings is 2. The molecule has 2 rings (SSSR count). The Labute approximate surface area is 154 Å². The third-order valence-corrected chi connectivity index (χ3v) is 3.81. The van der Waals surface area contributed by atoms with Crippen LogP contribution in [-0.2, 0) is 14.3 Å². The summed E-state index contributed by atoms with van der Waals surface area (Å²) >= 11 is 3.34. The molecule has 1 N–H and O–H groups in total. The van der Waals surface area contributed by atoms with Gasteiger partial charge in [0.25, 0.3) is 5.91 Å². The predicted octanol–water partition coefficient (Wildman–Crippen LogP) is 4.04. The highest BCUT2D eigenvalue weighted by molar-refractivity contribution is 9.10. The maximum absolute atomic E-state index is 12.1. The van der Waals surface area contributed by atoms with Crippen molar-refractivity contribution < 1.29 is 19.1 Å². The average Bonchev–Trinajstić information content (AvgIpc) is 2.61. The number of rotatable bonds is 6. The van der Waals surface area contributed by atoms with Gasteiger partial charge in [-0.1, -0.05) is 34.1 Å². The number of halogens is 1. The van der Waals surface area contributed by atoms with Crippen LogP contribution < -0.4 is 10.1 Å². The Morgan fingerprint density at radius 2 is 1.88 bits per heavy atom. The number of carbonyl (C=O) groups is 2. The summed E-state index contributed by atoms with van der Waals surface area (Å²) in [5.74, 6) is -0.380. The van der Waals surface area contributed by atoms with Gasteiger partial charge in [0, 0.05) is 22.3 Å². The Morgan fingerprint density at radius 3 is 2.56 bits per heavy atom. The van der Waals surface area contributed by atoms with E-state index in [1.807, 2.05) is 24.3 Å². The second-order valence-electron chi connectivity index (χ2n) is 5.19. The zero-order valence-corrected chi connectivity index (χ0v) is 15.4. The SMILES string of the molecule is COc1cccc(NC(=O)[C@@H](C)OC(=O)/C=C/c2ccc(Br)cc2)c1. The molecule has 25 heavy (non-hydrogen) atoms. The second kappa shape index (κ2) is 9.03. The molecule has 0 aliphatic carbocycles. The smallest absolute Gasteiger partial charge is 0.331 e. The van der Waals surface area contributed by atoms with Gasteiger partial charge in [0.1, 0.15) is 5.75 Å². The minimum Gasteiger partial charge on any atom is -0.497 e. The van der Waals surface area contributed by atoms with Gasteiger partial charge in [-0.15, -0.1) is 0 Å². The van der Waals surface area contributed by atoms with E-state index in [1.54, 1.807) is 37.5 Å². The average molecular weight is 404 g/mol. The van der Waals surface area contributed by atoms with Gasteiger partial charge in [-0.25, -0.2) is 4.79 Å². The van der Waals surface area contributed by atoms with E-state index in [-0.39, 0.29) is 0 Å². The maximum atomic E-state index is 12.1. The zero-order valence-electron chi connectivity index (χ0n) is 13.9. The summed E-state index contributed by atoms with van der Waals surface area (Å²) < 4.78 is 11.2. The Hall–Kier alpha value is -2.60. The highest BCUT2D eigenvalue weighted by Crippen LogP contribution is 2.17. The van der Waals surface area contributed by atoms with Gasteiger partial charge in [0.2, 0.25) is 0 Å². The summed E-state index contributed by atoms with van der Waals surface area (Å²) in [5, 5.41) is 2.68. The minimum atomic E-state index is -0.923. The van der Waals surface area contributed by atoms with Crippen molar-refractivity contribution in [2.45, 2.75) is 13.0 Å². The number of nitrogens with one attached hydrogen (secondary N) is 1. The fourth-order valence-electron chi connectivity index (χ4n) is 1.95. The first-order valence-corrected chi connectivity index (χ1v) is 8.36. The summed E-state index contributed by atoms with van der Waals surface area (Å²) in [6, 6.07) is 14.4. The van der Waals surface area contributed by atoms with Crippen molar-refractivity contribution in [2.75, 3.05) is 12.4 Å². The number of hydrogen-bond donors (Lipinski definition) is 1. The van der Waals surface area contributed by atoms with E-state index in [9.17, 15) is 9.59 Å².